The first-order valence-corrected chi connectivity index (χ1v) is 8.57. The summed E-state index contributed by atoms with van der Waals surface area (Å²) in [4.78, 5) is 11.7. The van der Waals surface area contributed by atoms with Crippen LogP contribution in [0.3, 0.4) is 0 Å². The van der Waals surface area contributed by atoms with Gasteiger partial charge in [-0.05, 0) is 18.6 Å². The molecule has 0 atom stereocenters. The van der Waals surface area contributed by atoms with E-state index < -0.39 is 15.7 Å². The summed E-state index contributed by atoms with van der Waals surface area (Å²) in [6.07, 6.45) is 0.390. The maximum absolute atomic E-state index is 11.7. The van der Waals surface area contributed by atoms with Crippen LogP contribution in [0.4, 0.5) is 11.4 Å². The Hall–Kier alpha value is -0.980. The lowest BCUT2D eigenvalue weighted by Crippen LogP contribution is -2.19. The van der Waals surface area contributed by atoms with Gasteiger partial charge in [-0.1, -0.05) is 30.1 Å². The van der Waals surface area contributed by atoms with E-state index in [4.69, 9.17) is 28.9 Å². The molecule has 1 rings (SSSR count). The van der Waals surface area contributed by atoms with E-state index in [0.29, 0.717) is 11.4 Å². The van der Waals surface area contributed by atoms with Crippen molar-refractivity contribution < 1.29 is 13.2 Å². The number of anilines is 2. The van der Waals surface area contributed by atoms with Gasteiger partial charge in [0.05, 0.1) is 22.2 Å². The van der Waals surface area contributed by atoms with E-state index in [1.165, 1.54) is 12.1 Å². The molecule has 0 aliphatic carbocycles. The second-order valence-electron chi connectivity index (χ2n) is 4.30. The Morgan fingerprint density at radius 1 is 1.30 bits per heavy atom. The number of halogens is 2. The first kappa shape index (κ1) is 17.1. The number of hydrogen-bond donors (Lipinski definition) is 2. The number of benzene rings is 1. The number of hydrogen-bond acceptors (Lipinski definition) is 4. The highest BCUT2D eigenvalue weighted by molar-refractivity contribution is 7.91. The maximum Gasteiger partial charge on any atom is 0.225 e. The van der Waals surface area contributed by atoms with Crippen molar-refractivity contribution >= 4 is 50.3 Å². The van der Waals surface area contributed by atoms with Gasteiger partial charge in [0.1, 0.15) is 0 Å². The number of carbonyl (C=O) groups is 1. The summed E-state index contributed by atoms with van der Waals surface area (Å²) in [5.74, 6) is -0.581. The molecule has 5 nitrogen and oxygen atoms in total. The van der Waals surface area contributed by atoms with Crippen molar-refractivity contribution in [1.82, 2.24) is 0 Å². The van der Waals surface area contributed by atoms with Crippen molar-refractivity contribution in [2.75, 3.05) is 22.6 Å². The average Bonchev–Trinajstić information content (AvgIpc) is 2.31. The Balaban J connectivity index is 2.69. The molecule has 0 saturated carbocycles. The zero-order chi connectivity index (χ0) is 15.3. The van der Waals surface area contributed by atoms with Gasteiger partial charge in [0.2, 0.25) is 5.91 Å². The Morgan fingerprint density at radius 3 is 2.50 bits per heavy atom. The van der Waals surface area contributed by atoms with Crippen LogP contribution in [0.15, 0.2) is 12.1 Å². The third-order valence-corrected chi connectivity index (χ3v) is 4.88. The van der Waals surface area contributed by atoms with Crippen molar-refractivity contribution in [2.24, 2.45) is 0 Å². The second-order valence-corrected chi connectivity index (χ2v) is 7.45. The third-order valence-electron chi connectivity index (χ3n) is 2.51. The van der Waals surface area contributed by atoms with E-state index in [9.17, 15) is 13.2 Å². The highest BCUT2D eigenvalue weighted by Gasteiger charge is 2.15. The normalized spacial score (nSPS) is 11.3. The number of amides is 1. The largest absolute Gasteiger partial charge is 0.397 e. The standard InChI is InChI=1S/C12H16Cl2N2O3S/c1-2-4-20(18,19)5-3-11(17)16-12-9(14)6-8(13)7-10(12)15/h6-7H,2-5,15H2,1H3,(H,16,17). The third kappa shape index (κ3) is 5.19. The van der Waals surface area contributed by atoms with E-state index in [1.807, 2.05) is 0 Å². The first-order valence-electron chi connectivity index (χ1n) is 6.00. The minimum atomic E-state index is -3.19. The summed E-state index contributed by atoms with van der Waals surface area (Å²) in [6, 6.07) is 2.90. The summed E-state index contributed by atoms with van der Waals surface area (Å²) in [6.45, 7) is 1.77. The van der Waals surface area contributed by atoms with Crippen molar-refractivity contribution in [2.45, 2.75) is 19.8 Å². The maximum atomic E-state index is 11.7. The van der Waals surface area contributed by atoms with Crippen LogP contribution in [0.1, 0.15) is 19.8 Å². The summed E-state index contributed by atoms with van der Waals surface area (Å²) >= 11 is 11.7. The van der Waals surface area contributed by atoms with E-state index in [0.717, 1.165) is 0 Å². The SMILES string of the molecule is CCCS(=O)(=O)CCC(=O)Nc1c(N)cc(Cl)cc1Cl. The zero-order valence-corrected chi connectivity index (χ0v) is 13.3. The van der Waals surface area contributed by atoms with Gasteiger partial charge < -0.3 is 11.1 Å². The summed E-state index contributed by atoms with van der Waals surface area (Å²) in [5, 5.41) is 3.07. The predicted octanol–water partition coefficient (Wildman–Crippen LogP) is 2.73. The molecular weight excluding hydrogens is 323 g/mol. The van der Waals surface area contributed by atoms with Gasteiger partial charge in [0.15, 0.2) is 9.84 Å². The van der Waals surface area contributed by atoms with E-state index in [2.05, 4.69) is 5.32 Å². The Morgan fingerprint density at radius 2 is 1.95 bits per heavy atom. The lowest BCUT2D eigenvalue weighted by atomic mass is 10.2. The molecule has 0 bridgehead atoms. The summed E-state index contributed by atoms with van der Waals surface area (Å²) < 4.78 is 23.0. The zero-order valence-electron chi connectivity index (χ0n) is 10.9. The van der Waals surface area contributed by atoms with Crippen molar-refractivity contribution in [1.29, 1.82) is 0 Å². The van der Waals surface area contributed by atoms with Crippen LogP contribution >= 0.6 is 23.2 Å². The first-order chi connectivity index (χ1) is 9.25. The van der Waals surface area contributed by atoms with Crippen LogP contribution < -0.4 is 11.1 Å². The number of nitrogens with two attached hydrogens (primary N) is 1. The number of rotatable bonds is 6. The van der Waals surface area contributed by atoms with Crippen LogP contribution in [-0.4, -0.2) is 25.8 Å². The van der Waals surface area contributed by atoms with Crippen molar-refractivity contribution in [3.63, 3.8) is 0 Å². The quantitative estimate of drug-likeness (QED) is 0.780. The van der Waals surface area contributed by atoms with Crippen LogP contribution in [0, 0.1) is 0 Å². The van der Waals surface area contributed by atoms with Crippen LogP contribution in [-0.2, 0) is 14.6 Å². The van der Waals surface area contributed by atoms with Gasteiger partial charge in [0, 0.05) is 17.2 Å². The summed E-state index contributed by atoms with van der Waals surface area (Å²) in [7, 11) is -3.19. The number of carbonyl (C=O) groups excluding carboxylic acids is 1. The average molecular weight is 339 g/mol. The molecule has 0 unspecified atom stereocenters. The van der Waals surface area contributed by atoms with Crippen molar-refractivity contribution in [3.05, 3.63) is 22.2 Å². The molecular formula is C12H16Cl2N2O3S. The molecule has 0 fully saturated rings. The second kappa shape index (κ2) is 7.15. The van der Waals surface area contributed by atoms with Gasteiger partial charge in [-0.2, -0.15) is 0 Å². The molecule has 0 aliphatic heterocycles. The van der Waals surface area contributed by atoms with Crippen LogP contribution in [0.25, 0.3) is 0 Å². The van der Waals surface area contributed by atoms with Gasteiger partial charge in [-0.3, -0.25) is 4.79 Å². The number of sulfone groups is 1. The van der Waals surface area contributed by atoms with Crippen LogP contribution in [0.5, 0.6) is 0 Å². The predicted molar refractivity (Wildman–Crippen MR) is 83.1 cm³/mol. The topological polar surface area (TPSA) is 89.3 Å². The summed E-state index contributed by atoms with van der Waals surface area (Å²) in [5.41, 5.74) is 6.17. The molecule has 112 valence electrons. The molecule has 0 radical (unpaired) electrons. The molecule has 0 heterocycles. The molecule has 3 N–H and O–H groups in total. The Kier molecular flexibility index (Phi) is 6.10. The fourth-order valence-electron chi connectivity index (χ4n) is 1.59. The molecule has 0 aromatic heterocycles. The molecule has 0 spiro atoms. The molecule has 20 heavy (non-hydrogen) atoms. The highest BCUT2D eigenvalue weighted by Crippen LogP contribution is 2.32. The van der Waals surface area contributed by atoms with Gasteiger partial charge in [-0.25, -0.2) is 8.42 Å². The minimum absolute atomic E-state index is 0.0735. The van der Waals surface area contributed by atoms with E-state index >= 15 is 0 Å². The van der Waals surface area contributed by atoms with Crippen LogP contribution in [0.2, 0.25) is 10.0 Å². The molecule has 0 saturated heterocycles. The smallest absolute Gasteiger partial charge is 0.225 e. The van der Waals surface area contributed by atoms with Gasteiger partial charge in [0.25, 0.3) is 0 Å². The fraction of sp³-hybridized carbons (Fsp3) is 0.417. The molecule has 0 aliphatic rings. The lowest BCUT2D eigenvalue weighted by Gasteiger charge is -2.10. The Bertz CT molecular complexity index is 580. The highest BCUT2D eigenvalue weighted by atomic mass is 35.5. The lowest BCUT2D eigenvalue weighted by molar-refractivity contribution is -0.115. The van der Waals surface area contributed by atoms with E-state index in [1.54, 1.807) is 6.92 Å². The Labute approximate surface area is 128 Å². The van der Waals surface area contributed by atoms with Gasteiger partial charge >= 0.3 is 0 Å². The minimum Gasteiger partial charge on any atom is -0.397 e. The van der Waals surface area contributed by atoms with E-state index in [-0.39, 0.29) is 34.3 Å². The molecule has 1 aromatic carbocycles. The number of nitrogens with one attached hydrogen (secondary N) is 1. The molecule has 1 amide bonds. The fourth-order valence-corrected chi connectivity index (χ4v) is 3.47. The number of nitrogen functional groups attached to an aromatic ring is 1. The van der Waals surface area contributed by atoms with Gasteiger partial charge in [-0.15, -0.1) is 0 Å². The van der Waals surface area contributed by atoms with Crippen molar-refractivity contribution in [3.8, 4) is 0 Å². The monoisotopic (exact) mass is 338 g/mol. The molecule has 1 aromatic rings. The molecule has 8 heteroatoms.